The lowest BCUT2D eigenvalue weighted by atomic mass is 9.97. The molecule has 0 bridgehead atoms. The topological polar surface area (TPSA) is 109 Å². The molecule has 2 N–H and O–H groups in total. The summed E-state index contributed by atoms with van der Waals surface area (Å²) in [7, 11) is 0. The molecule has 10 heteroatoms. The third kappa shape index (κ3) is 3.53. The number of fused-ring (bicyclic) bond motifs is 1. The molecule has 1 saturated carbocycles. The molecular formula is C20H26N6O3S. The molecule has 9 nitrogen and oxygen atoms in total. The minimum Gasteiger partial charge on any atom is -0.344 e. The van der Waals surface area contributed by atoms with Crippen LogP contribution in [-0.4, -0.2) is 60.9 Å². The second kappa shape index (κ2) is 8.25. The number of rotatable bonds is 7. The number of carbonyl (C=O) groups excluding carboxylic acids is 3. The van der Waals surface area contributed by atoms with E-state index in [0.29, 0.717) is 30.7 Å². The SMILES string of the molecule is CSCCC(NC(=O)C(C)N1C(=O)NC2(CCCC2)C1=O)c1nnc2ccccn12. The van der Waals surface area contributed by atoms with Crippen molar-refractivity contribution < 1.29 is 14.4 Å². The molecule has 2 aliphatic rings. The molecule has 4 rings (SSSR count). The van der Waals surface area contributed by atoms with Crippen molar-refractivity contribution in [3.8, 4) is 0 Å². The molecule has 1 aliphatic carbocycles. The van der Waals surface area contributed by atoms with Gasteiger partial charge in [-0.05, 0) is 50.3 Å². The molecule has 0 aromatic carbocycles. The predicted molar refractivity (Wildman–Crippen MR) is 113 cm³/mol. The van der Waals surface area contributed by atoms with E-state index >= 15 is 0 Å². The summed E-state index contributed by atoms with van der Waals surface area (Å²) in [4.78, 5) is 39.7. The van der Waals surface area contributed by atoms with Crippen molar-refractivity contribution in [3.05, 3.63) is 30.2 Å². The highest BCUT2D eigenvalue weighted by Gasteiger charge is 2.54. The highest BCUT2D eigenvalue weighted by Crippen LogP contribution is 2.35. The Labute approximate surface area is 179 Å². The van der Waals surface area contributed by atoms with Crippen molar-refractivity contribution in [2.24, 2.45) is 0 Å². The fourth-order valence-corrected chi connectivity index (χ4v) is 4.79. The third-order valence-corrected chi connectivity index (χ3v) is 6.64. The van der Waals surface area contributed by atoms with Crippen molar-refractivity contribution in [2.45, 2.75) is 56.7 Å². The molecule has 30 heavy (non-hydrogen) atoms. The quantitative estimate of drug-likeness (QED) is 0.650. The zero-order valence-corrected chi connectivity index (χ0v) is 17.9. The standard InChI is InChI=1S/C20H26N6O3S/c1-13(26-18(28)20(22-19(26)29)9-4-5-10-20)17(27)21-14(8-12-30-2)16-24-23-15-7-3-6-11-25(15)16/h3,6-7,11,13-14H,4-5,8-10,12H2,1-2H3,(H,21,27)(H,22,29). The van der Waals surface area contributed by atoms with E-state index in [4.69, 9.17) is 0 Å². The Bertz CT molecular complexity index is 970. The summed E-state index contributed by atoms with van der Waals surface area (Å²) in [5.74, 6) is 0.770. The number of aromatic nitrogens is 3. The van der Waals surface area contributed by atoms with Crippen LogP contribution in [0, 0.1) is 0 Å². The molecule has 2 atom stereocenters. The summed E-state index contributed by atoms with van der Waals surface area (Å²) in [6.45, 7) is 1.59. The Morgan fingerprint density at radius 1 is 1.30 bits per heavy atom. The number of nitrogens with one attached hydrogen (secondary N) is 2. The van der Waals surface area contributed by atoms with Crippen LogP contribution in [-0.2, 0) is 9.59 Å². The number of thioether (sulfide) groups is 1. The van der Waals surface area contributed by atoms with Gasteiger partial charge in [0.15, 0.2) is 11.5 Å². The first-order valence-corrected chi connectivity index (χ1v) is 11.6. The maximum Gasteiger partial charge on any atom is 0.325 e. The second-order valence-corrected chi connectivity index (χ2v) is 8.89. The Hall–Kier alpha value is -2.62. The molecule has 2 aromatic rings. The summed E-state index contributed by atoms with van der Waals surface area (Å²) in [6, 6.07) is 3.82. The lowest BCUT2D eigenvalue weighted by molar-refractivity contribution is -0.138. The molecule has 1 aliphatic heterocycles. The average Bonchev–Trinajstić information content (AvgIpc) is 3.44. The van der Waals surface area contributed by atoms with Gasteiger partial charge < -0.3 is 10.6 Å². The molecule has 0 radical (unpaired) electrons. The number of nitrogens with zero attached hydrogens (tertiary/aromatic N) is 4. The van der Waals surface area contributed by atoms with E-state index in [0.717, 1.165) is 23.5 Å². The number of carbonyl (C=O) groups is 3. The van der Waals surface area contributed by atoms with E-state index < -0.39 is 17.6 Å². The summed E-state index contributed by atoms with van der Waals surface area (Å²) in [5, 5.41) is 14.3. The minimum absolute atomic E-state index is 0.291. The molecule has 3 heterocycles. The van der Waals surface area contributed by atoms with Gasteiger partial charge >= 0.3 is 6.03 Å². The molecule has 1 saturated heterocycles. The molecular weight excluding hydrogens is 404 g/mol. The zero-order valence-electron chi connectivity index (χ0n) is 17.1. The fourth-order valence-electron chi connectivity index (χ4n) is 4.32. The normalized spacial score (nSPS) is 20.0. The van der Waals surface area contributed by atoms with Crippen LogP contribution in [0.2, 0.25) is 0 Å². The first kappa shape index (κ1) is 20.6. The number of urea groups is 1. The molecule has 2 aromatic heterocycles. The Morgan fingerprint density at radius 3 is 2.80 bits per heavy atom. The predicted octanol–water partition coefficient (Wildman–Crippen LogP) is 1.89. The smallest absolute Gasteiger partial charge is 0.325 e. The Morgan fingerprint density at radius 2 is 2.07 bits per heavy atom. The van der Waals surface area contributed by atoms with Crippen molar-refractivity contribution in [1.29, 1.82) is 0 Å². The van der Waals surface area contributed by atoms with Gasteiger partial charge in [0.2, 0.25) is 5.91 Å². The van der Waals surface area contributed by atoms with E-state index in [2.05, 4.69) is 20.8 Å². The van der Waals surface area contributed by atoms with Crippen molar-refractivity contribution in [2.75, 3.05) is 12.0 Å². The second-order valence-electron chi connectivity index (χ2n) is 7.90. The first-order valence-electron chi connectivity index (χ1n) is 10.2. The highest BCUT2D eigenvalue weighted by molar-refractivity contribution is 7.98. The first-order chi connectivity index (χ1) is 14.5. The van der Waals surface area contributed by atoms with Gasteiger partial charge in [-0.25, -0.2) is 9.69 Å². The Kier molecular flexibility index (Phi) is 5.68. The summed E-state index contributed by atoms with van der Waals surface area (Å²) in [6.07, 6.45) is 7.56. The summed E-state index contributed by atoms with van der Waals surface area (Å²) in [5.41, 5.74) is -0.131. The largest absolute Gasteiger partial charge is 0.344 e. The number of pyridine rings is 1. The van der Waals surface area contributed by atoms with Crippen molar-refractivity contribution in [3.63, 3.8) is 0 Å². The van der Waals surface area contributed by atoms with Gasteiger partial charge in [-0.3, -0.25) is 14.0 Å². The van der Waals surface area contributed by atoms with Crippen LogP contribution >= 0.6 is 11.8 Å². The Balaban J connectivity index is 1.54. The molecule has 160 valence electrons. The number of hydrogen-bond acceptors (Lipinski definition) is 6. The minimum atomic E-state index is -0.909. The van der Waals surface area contributed by atoms with Crippen LogP contribution in [0.15, 0.2) is 24.4 Å². The van der Waals surface area contributed by atoms with E-state index in [1.54, 1.807) is 18.7 Å². The van der Waals surface area contributed by atoms with E-state index in [1.165, 1.54) is 0 Å². The van der Waals surface area contributed by atoms with Crippen LogP contribution in [0.3, 0.4) is 0 Å². The van der Waals surface area contributed by atoms with Crippen LogP contribution in [0.4, 0.5) is 4.79 Å². The van der Waals surface area contributed by atoms with E-state index in [9.17, 15) is 14.4 Å². The van der Waals surface area contributed by atoms with Gasteiger partial charge in [0.1, 0.15) is 11.6 Å². The monoisotopic (exact) mass is 430 g/mol. The van der Waals surface area contributed by atoms with E-state index in [1.807, 2.05) is 35.1 Å². The third-order valence-electron chi connectivity index (χ3n) is 6.00. The van der Waals surface area contributed by atoms with Crippen LogP contribution < -0.4 is 10.6 Å². The van der Waals surface area contributed by atoms with Crippen LogP contribution in [0.25, 0.3) is 5.65 Å². The van der Waals surface area contributed by atoms with Gasteiger partial charge in [0.25, 0.3) is 5.91 Å². The van der Waals surface area contributed by atoms with E-state index in [-0.39, 0.29) is 17.9 Å². The van der Waals surface area contributed by atoms with Gasteiger partial charge in [0, 0.05) is 6.20 Å². The average molecular weight is 431 g/mol. The highest BCUT2D eigenvalue weighted by atomic mass is 32.2. The maximum absolute atomic E-state index is 13.1. The van der Waals surface area contributed by atoms with Crippen molar-refractivity contribution >= 4 is 35.3 Å². The van der Waals surface area contributed by atoms with Gasteiger partial charge in [-0.2, -0.15) is 11.8 Å². The van der Waals surface area contributed by atoms with Gasteiger partial charge in [0.05, 0.1) is 6.04 Å². The lowest BCUT2D eigenvalue weighted by Crippen LogP contribution is -2.50. The number of amides is 4. The molecule has 2 unspecified atom stereocenters. The summed E-state index contributed by atoms with van der Waals surface area (Å²) >= 11 is 1.67. The van der Waals surface area contributed by atoms with Crippen LogP contribution in [0.5, 0.6) is 0 Å². The fraction of sp³-hybridized carbons (Fsp3) is 0.550. The van der Waals surface area contributed by atoms with Crippen molar-refractivity contribution in [1.82, 2.24) is 30.1 Å². The number of hydrogen-bond donors (Lipinski definition) is 2. The lowest BCUT2D eigenvalue weighted by Gasteiger charge is -2.25. The number of imide groups is 1. The molecule has 1 spiro atoms. The zero-order chi connectivity index (χ0) is 21.3. The molecule has 4 amide bonds. The van der Waals surface area contributed by atoms with Crippen LogP contribution in [0.1, 0.15) is 50.9 Å². The van der Waals surface area contributed by atoms with Gasteiger partial charge in [-0.1, -0.05) is 18.9 Å². The summed E-state index contributed by atoms with van der Waals surface area (Å²) < 4.78 is 1.84. The van der Waals surface area contributed by atoms with Gasteiger partial charge in [-0.15, -0.1) is 10.2 Å². The maximum atomic E-state index is 13.1. The molecule has 2 fully saturated rings.